The third-order valence-electron chi connectivity index (χ3n) is 3.78. The number of aryl methyl sites for hydroxylation is 2. The quantitative estimate of drug-likeness (QED) is 0.482. The molecule has 0 amide bonds. The standard InChI is InChI=1S/C19H15ClFNO3S/c1-11-3-8-15(20)16(9-11)25-17(23)10-22-18(12(2)26-19(22)24)13-4-6-14(21)7-5-13/h3-9H,10H2,1-2H3. The third kappa shape index (κ3) is 3.86. The van der Waals surface area contributed by atoms with Gasteiger partial charge < -0.3 is 4.74 Å². The molecule has 0 spiro atoms. The smallest absolute Gasteiger partial charge is 0.331 e. The highest BCUT2D eigenvalue weighted by molar-refractivity contribution is 7.09. The minimum absolute atomic E-state index is 0.250. The maximum atomic E-state index is 13.2. The van der Waals surface area contributed by atoms with Crippen LogP contribution in [0.4, 0.5) is 4.39 Å². The van der Waals surface area contributed by atoms with Crippen LogP contribution in [-0.2, 0) is 11.3 Å². The van der Waals surface area contributed by atoms with Crippen molar-refractivity contribution in [1.82, 2.24) is 4.57 Å². The fourth-order valence-corrected chi connectivity index (χ4v) is 3.61. The van der Waals surface area contributed by atoms with Crippen molar-refractivity contribution in [3.63, 3.8) is 0 Å². The maximum Gasteiger partial charge on any atom is 0.331 e. The molecule has 3 rings (SSSR count). The number of hydrogen-bond donors (Lipinski definition) is 0. The Morgan fingerprint density at radius 1 is 1.19 bits per heavy atom. The zero-order valence-electron chi connectivity index (χ0n) is 14.1. The van der Waals surface area contributed by atoms with Gasteiger partial charge in [0.25, 0.3) is 0 Å². The Labute approximate surface area is 158 Å². The first kappa shape index (κ1) is 18.4. The number of carbonyl (C=O) groups excluding carboxylic acids is 1. The molecule has 0 fully saturated rings. The Hall–Kier alpha value is -2.44. The van der Waals surface area contributed by atoms with E-state index in [1.54, 1.807) is 37.3 Å². The first-order valence-corrected chi connectivity index (χ1v) is 8.97. The van der Waals surface area contributed by atoms with E-state index in [-0.39, 0.29) is 23.0 Å². The summed E-state index contributed by atoms with van der Waals surface area (Å²) in [4.78, 5) is 25.1. The number of hydrogen-bond acceptors (Lipinski definition) is 4. The molecule has 0 saturated carbocycles. The summed E-state index contributed by atoms with van der Waals surface area (Å²) in [6.45, 7) is 3.37. The van der Waals surface area contributed by atoms with E-state index in [1.165, 1.54) is 16.7 Å². The summed E-state index contributed by atoms with van der Waals surface area (Å²) in [7, 11) is 0. The van der Waals surface area contributed by atoms with Gasteiger partial charge in [-0.25, -0.2) is 9.18 Å². The monoisotopic (exact) mass is 391 g/mol. The van der Waals surface area contributed by atoms with E-state index in [4.69, 9.17) is 16.3 Å². The fourth-order valence-electron chi connectivity index (χ4n) is 2.60. The van der Waals surface area contributed by atoms with Gasteiger partial charge in [-0.1, -0.05) is 29.0 Å². The van der Waals surface area contributed by atoms with Crippen LogP contribution in [-0.4, -0.2) is 10.5 Å². The minimum atomic E-state index is -0.610. The molecule has 0 aliphatic rings. The molecule has 0 unspecified atom stereocenters. The number of esters is 1. The molecule has 0 aliphatic carbocycles. The SMILES string of the molecule is Cc1ccc(Cl)c(OC(=O)Cn2c(-c3ccc(F)cc3)c(C)sc2=O)c1. The van der Waals surface area contributed by atoms with Gasteiger partial charge in [0.05, 0.1) is 10.7 Å². The largest absolute Gasteiger partial charge is 0.424 e. The summed E-state index contributed by atoms with van der Waals surface area (Å²) in [6.07, 6.45) is 0. The number of halogens is 2. The van der Waals surface area contributed by atoms with Crippen molar-refractivity contribution in [2.75, 3.05) is 0 Å². The lowest BCUT2D eigenvalue weighted by Gasteiger charge is -2.10. The van der Waals surface area contributed by atoms with Crippen molar-refractivity contribution < 1.29 is 13.9 Å². The van der Waals surface area contributed by atoms with E-state index < -0.39 is 5.97 Å². The normalized spacial score (nSPS) is 10.8. The van der Waals surface area contributed by atoms with Gasteiger partial charge in [-0.2, -0.15) is 0 Å². The fraction of sp³-hybridized carbons (Fsp3) is 0.158. The molecule has 26 heavy (non-hydrogen) atoms. The molecule has 1 aromatic heterocycles. The number of ether oxygens (including phenoxy) is 1. The molecule has 1 heterocycles. The van der Waals surface area contributed by atoms with E-state index >= 15 is 0 Å². The number of carbonyl (C=O) groups is 1. The van der Waals surface area contributed by atoms with Gasteiger partial charge in [-0.05, 0) is 61.4 Å². The van der Waals surface area contributed by atoms with Crippen molar-refractivity contribution in [2.24, 2.45) is 0 Å². The zero-order chi connectivity index (χ0) is 18.8. The van der Waals surface area contributed by atoms with Crippen LogP contribution in [0.15, 0.2) is 47.3 Å². The summed E-state index contributed by atoms with van der Waals surface area (Å²) >= 11 is 7.07. The maximum absolute atomic E-state index is 13.2. The van der Waals surface area contributed by atoms with E-state index in [9.17, 15) is 14.0 Å². The number of aromatic nitrogens is 1. The zero-order valence-corrected chi connectivity index (χ0v) is 15.7. The van der Waals surface area contributed by atoms with Crippen molar-refractivity contribution in [2.45, 2.75) is 20.4 Å². The Morgan fingerprint density at radius 2 is 1.88 bits per heavy atom. The molecule has 0 radical (unpaired) electrons. The van der Waals surface area contributed by atoms with Crippen molar-refractivity contribution >= 4 is 28.9 Å². The van der Waals surface area contributed by atoms with E-state index in [0.29, 0.717) is 16.3 Å². The van der Waals surface area contributed by atoms with E-state index in [0.717, 1.165) is 21.8 Å². The highest BCUT2D eigenvalue weighted by Gasteiger charge is 2.18. The average molecular weight is 392 g/mol. The van der Waals surface area contributed by atoms with Crippen molar-refractivity contribution in [1.29, 1.82) is 0 Å². The minimum Gasteiger partial charge on any atom is -0.424 e. The van der Waals surface area contributed by atoms with Crippen molar-refractivity contribution in [3.8, 4) is 17.0 Å². The number of benzene rings is 2. The van der Waals surface area contributed by atoms with Gasteiger partial charge in [0, 0.05) is 4.88 Å². The third-order valence-corrected chi connectivity index (χ3v) is 4.99. The molecule has 0 atom stereocenters. The van der Waals surface area contributed by atoms with Crippen LogP contribution in [0, 0.1) is 19.7 Å². The summed E-state index contributed by atoms with van der Waals surface area (Å²) in [5.41, 5.74) is 2.13. The molecular weight excluding hydrogens is 377 g/mol. The second-order valence-electron chi connectivity index (χ2n) is 5.77. The Balaban J connectivity index is 1.90. The molecule has 3 aromatic rings. The van der Waals surface area contributed by atoms with Gasteiger partial charge in [-0.3, -0.25) is 9.36 Å². The second kappa shape index (κ2) is 7.43. The van der Waals surface area contributed by atoms with Crippen LogP contribution in [0.2, 0.25) is 5.02 Å². The summed E-state index contributed by atoms with van der Waals surface area (Å²) in [6, 6.07) is 10.9. The summed E-state index contributed by atoms with van der Waals surface area (Å²) < 4.78 is 19.8. The van der Waals surface area contributed by atoms with Crippen LogP contribution in [0.25, 0.3) is 11.3 Å². The van der Waals surface area contributed by atoms with Gasteiger partial charge in [0.1, 0.15) is 18.1 Å². The number of thiazole rings is 1. The van der Waals surface area contributed by atoms with Crippen molar-refractivity contribution in [3.05, 3.63) is 73.4 Å². The van der Waals surface area contributed by atoms with Crippen LogP contribution in [0.1, 0.15) is 10.4 Å². The molecule has 0 bridgehead atoms. The Morgan fingerprint density at radius 3 is 2.58 bits per heavy atom. The molecule has 0 aliphatic heterocycles. The average Bonchev–Trinajstić information content (AvgIpc) is 2.85. The first-order valence-electron chi connectivity index (χ1n) is 7.78. The number of rotatable bonds is 4. The first-order chi connectivity index (χ1) is 12.3. The topological polar surface area (TPSA) is 48.3 Å². The Bertz CT molecular complexity index is 1020. The van der Waals surface area contributed by atoms with Gasteiger partial charge in [0.2, 0.25) is 0 Å². The van der Waals surface area contributed by atoms with Crippen LogP contribution < -0.4 is 9.61 Å². The summed E-state index contributed by atoms with van der Waals surface area (Å²) in [5.74, 6) is -0.732. The second-order valence-corrected chi connectivity index (χ2v) is 7.35. The molecule has 0 N–H and O–H groups in total. The molecular formula is C19H15ClFNO3S. The summed E-state index contributed by atoms with van der Waals surface area (Å²) in [5, 5.41) is 0.316. The molecule has 7 heteroatoms. The van der Waals surface area contributed by atoms with Gasteiger partial charge >= 0.3 is 10.8 Å². The number of nitrogens with zero attached hydrogens (tertiary/aromatic N) is 1. The lowest BCUT2D eigenvalue weighted by molar-refractivity contribution is -0.135. The van der Waals surface area contributed by atoms with E-state index in [1.807, 2.05) is 6.92 Å². The molecule has 4 nitrogen and oxygen atoms in total. The predicted octanol–water partition coefficient (Wildman–Crippen LogP) is 4.59. The van der Waals surface area contributed by atoms with E-state index in [2.05, 4.69) is 0 Å². The van der Waals surface area contributed by atoms with Crippen LogP contribution in [0.5, 0.6) is 5.75 Å². The molecule has 0 saturated heterocycles. The van der Waals surface area contributed by atoms with Crippen LogP contribution in [0.3, 0.4) is 0 Å². The lowest BCUT2D eigenvalue weighted by atomic mass is 10.1. The van der Waals surface area contributed by atoms with Gasteiger partial charge in [-0.15, -0.1) is 0 Å². The Kier molecular flexibility index (Phi) is 5.25. The lowest BCUT2D eigenvalue weighted by Crippen LogP contribution is -2.23. The molecule has 2 aromatic carbocycles. The predicted molar refractivity (Wildman–Crippen MR) is 101 cm³/mol. The van der Waals surface area contributed by atoms with Gasteiger partial charge in [0.15, 0.2) is 0 Å². The molecule has 134 valence electrons. The van der Waals surface area contributed by atoms with Crippen LogP contribution >= 0.6 is 22.9 Å². The highest BCUT2D eigenvalue weighted by atomic mass is 35.5. The highest BCUT2D eigenvalue weighted by Crippen LogP contribution is 2.27.